The second kappa shape index (κ2) is 5.02. The topological polar surface area (TPSA) is 55.5 Å². The van der Waals surface area contributed by atoms with Crippen LogP contribution < -0.4 is 10.5 Å². The number of rotatable bonds is 4. The fourth-order valence-corrected chi connectivity index (χ4v) is 2.16. The summed E-state index contributed by atoms with van der Waals surface area (Å²) in [5.74, 6) is 0.248. The smallest absolute Gasteiger partial charge is 0.131 e. The third-order valence-electron chi connectivity index (χ3n) is 3.57. The molecule has 1 saturated carbocycles. The van der Waals surface area contributed by atoms with Gasteiger partial charge in [0.25, 0.3) is 0 Å². The van der Waals surface area contributed by atoms with Crippen LogP contribution in [0.1, 0.15) is 30.9 Å². The number of hydrogen-bond acceptors (Lipinski definition) is 3. The molecule has 3 N–H and O–H groups in total. The van der Waals surface area contributed by atoms with Crippen molar-refractivity contribution in [2.75, 3.05) is 7.11 Å². The van der Waals surface area contributed by atoms with E-state index in [0.717, 1.165) is 19.3 Å². The van der Waals surface area contributed by atoms with Gasteiger partial charge >= 0.3 is 0 Å². The van der Waals surface area contributed by atoms with Crippen LogP contribution in [0, 0.1) is 11.7 Å². The average molecular weight is 239 g/mol. The molecule has 0 amide bonds. The van der Waals surface area contributed by atoms with Crippen molar-refractivity contribution in [2.24, 2.45) is 11.7 Å². The number of hydrogen-bond donors (Lipinski definition) is 2. The first-order chi connectivity index (χ1) is 8.13. The molecule has 0 radical (unpaired) electrons. The Bertz CT molecular complexity index is 393. The van der Waals surface area contributed by atoms with Gasteiger partial charge in [-0.1, -0.05) is 12.5 Å². The molecule has 4 heteroatoms. The Hall–Kier alpha value is -1.13. The van der Waals surface area contributed by atoms with Crippen LogP contribution in [-0.2, 0) is 0 Å². The van der Waals surface area contributed by atoms with E-state index in [1.165, 1.54) is 13.2 Å². The van der Waals surface area contributed by atoms with Gasteiger partial charge in [0, 0.05) is 11.6 Å². The highest BCUT2D eigenvalue weighted by Gasteiger charge is 2.31. The molecule has 0 bridgehead atoms. The first-order valence-corrected chi connectivity index (χ1v) is 5.90. The summed E-state index contributed by atoms with van der Waals surface area (Å²) >= 11 is 0. The minimum atomic E-state index is -0.661. The van der Waals surface area contributed by atoms with Gasteiger partial charge in [-0.3, -0.25) is 0 Å². The van der Waals surface area contributed by atoms with E-state index in [4.69, 9.17) is 10.5 Å². The molecule has 17 heavy (non-hydrogen) atoms. The molecule has 1 aromatic rings. The van der Waals surface area contributed by atoms with Gasteiger partial charge in [0.2, 0.25) is 0 Å². The highest BCUT2D eigenvalue weighted by Crippen LogP contribution is 2.35. The predicted molar refractivity (Wildman–Crippen MR) is 63.2 cm³/mol. The molecular formula is C13H18FNO2. The summed E-state index contributed by atoms with van der Waals surface area (Å²) in [6, 6.07) is 3.88. The zero-order chi connectivity index (χ0) is 12.4. The molecule has 0 aliphatic heterocycles. The lowest BCUT2D eigenvalue weighted by Gasteiger charge is -2.33. The third-order valence-corrected chi connectivity index (χ3v) is 3.57. The number of ether oxygens (including phenoxy) is 1. The van der Waals surface area contributed by atoms with E-state index in [1.54, 1.807) is 12.1 Å². The van der Waals surface area contributed by atoms with Gasteiger partial charge in [0.05, 0.1) is 19.3 Å². The molecular weight excluding hydrogens is 221 g/mol. The van der Waals surface area contributed by atoms with Crippen LogP contribution in [-0.4, -0.2) is 18.3 Å². The second-order valence-electron chi connectivity index (χ2n) is 4.59. The van der Waals surface area contributed by atoms with Crippen LogP contribution in [0.5, 0.6) is 5.75 Å². The standard InChI is InChI=1S/C13H18FNO2/c1-17-9-5-6-10(11(14)7-9)12(15)13(16)8-3-2-4-8/h5-8,12-13,16H,2-4,15H2,1H3/t12-,13+/m0/s1. The molecule has 0 spiro atoms. The molecule has 94 valence electrons. The highest BCUT2D eigenvalue weighted by molar-refractivity contribution is 5.31. The Kier molecular flexibility index (Phi) is 3.64. The minimum absolute atomic E-state index is 0.214. The summed E-state index contributed by atoms with van der Waals surface area (Å²) in [6.07, 6.45) is 2.42. The van der Waals surface area contributed by atoms with Crippen molar-refractivity contribution in [1.29, 1.82) is 0 Å². The van der Waals surface area contributed by atoms with Crippen molar-refractivity contribution >= 4 is 0 Å². The summed E-state index contributed by atoms with van der Waals surface area (Å²) in [4.78, 5) is 0. The van der Waals surface area contributed by atoms with Gasteiger partial charge in [-0.05, 0) is 24.8 Å². The quantitative estimate of drug-likeness (QED) is 0.845. The van der Waals surface area contributed by atoms with Gasteiger partial charge in [-0.15, -0.1) is 0 Å². The summed E-state index contributed by atoms with van der Waals surface area (Å²) in [7, 11) is 1.48. The van der Waals surface area contributed by atoms with Gasteiger partial charge in [-0.25, -0.2) is 4.39 Å². The maximum atomic E-state index is 13.8. The maximum absolute atomic E-state index is 13.8. The van der Waals surface area contributed by atoms with Crippen molar-refractivity contribution < 1.29 is 14.2 Å². The second-order valence-corrected chi connectivity index (χ2v) is 4.59. The zero-order valence-corrected chi connectivity index (χ0v) is 9.90. The van der Waals surface area contributed by atoms with Crippen LogP contribution in [0.15, 0.2) is 18.2 Å². The van der Waals surface area contributed by atoms with Crippen molar-refractivity contribution in [1.82, 2.24) is 0 Å². The van der Waals surface area contributed by atoms with Crippen molar-refractivity contribution in [2.45, 2.75) is 31.4 Å². The average Bonchev–Trinajstić information content (AvgIpc) is 2.25. The Morgan fingerprint density at radius 3 is 2.65 bits per heavy atom. The van der Waals surface area contributed by atoms with E-state index in [0.29, 0.717) is 11.3 Å². The molecule has 0 heterocycles. The van der Waals surface area contributed by atoms with Crippen LogP contribution in [0.2, 0.25) is 0 Å². The van der Waals surface area contributed by atoms with Crippen LogP contribution in [0.3, 0.4) is 0 Å². The summed E-state index contributed by atoms with van der Waals surface area (Å²) < 4.78 is 18.7. The SMILES string of the molecule is COc1ccc([C@H](N)[C@H](O)C2CCC2)c(F)c1. The zero-order valence-electron chi connectivity index (χ0n) is 9.90. The number of aliphatic hydroxyl groups is 1. The first-order valence-electron chi connectivity index (χ1n) is 5.90. The number of methoxy groups -OCH3 is 1. The van der Waals surface area contributed by atoms with Crippen molar-refractivity contribution in [3.8, 4) is 5.75 Å². The predicted octanol–water partition coefficient (Wildman–Crippen LogP) is 2.00. The Morgan fingerprint density at radius 2 is 2.18 bits per heavy atom. The largest absolute Gasteiger partial charge is 0.497 e. The molecule has 1 aliphatic carbocycles. The minimum Gasteiger partial charge on any atom is -0.497 e. The molecule has 3 nitrogen and oxygen atoms in total. The Morgan fingerprint density at radius 1 is 1.47 bits per heavy atom. The fourth-order valence-electron chi connectivity index (χ4n) is 2.16. The molecule has 1 aliphatic rings. The monoisotopic (exact) mass is 239 g/mol. The maximum Gasteiger partial charge on any atom is 0.131 e. The van der Waals surface area contributed by atoms with Gasteiger partial charge in [0.15, 0.2) is 0 Å². The summed E-state index contributed by atoms with van der Waals surface area (Å²) in [5, 5.41) is 10.0. The molecule has 1 fully saturated rings. The number of halogens is 1. The lowest BCUT2D eigenvalue weighted by atomic mass is 9.77. The van der Waals surface area contributed by atoms with E-state index in [9.17, 15) is 9.50 Å². The molecule has 0 saturated heterocycles. The Labute approximate surface area is 100 Å². The van der Waals surface area contributed by atoms with Gasteiger partial charge in [-0.2, -0.15) is 0 Å². The molecule has 0 unspecified atom stereocenters. The number of nitrogens with two attached hydrogens (primary N) is 1. The molecule has 2 atom stereocenters. The van der Waals surface area contributed by atoms with Crippen molar-refractivity contribution in [3.63, 3.8) is 0 Å². The first kappa shape index (κ1) is 12.3. The number of aliphatic hydroxyl groups excluding tert-OH is 1. The fraction of sp³-hybridized carbons (Fsp3) is 0.538. The van der Waals surface area contributed by atoms with Gasteiger partial charge < -0.3 is 15.6 Å². The van der Waals surface area contributed by atoms with Gasteiger partial charge in [0.1, 0.15) is 11.6 Å². The lowest BCUT2D eigenvalue weighted by Crippen LogP contribution is -2.36. The van der Waals surface area contributed by atoms with E-state index in [1.807, 2.05) is 0 Å². The molecule has 0 aromatic heterocycles. The van der Waals surface area contributed by atoms with Crippen LogP contribution in [0.25, 0.3) is 0 Å². The number of benzene rings is 1. The van der Waals surface area contributed by atoms with Crippen LogP contribution >= 0.6 is 0 Å². The highest BCUT2D eigenvalue weighted by atomic mass is 19.1. The normalized spacial score (nSPS) is 19.5. The van der Waals surface area contributed by atoms with E-state index >= 15 is 0 Å². The van der Waals surface area contributed by atoms with E-state index < -0.39 is 18.0 Å². The van der Waals surface area contributed by atoms with E-state index in [2.05, 4.69) is 0 Å². The summed E-state index contributed by atoms with van der Waals surface area (Å²) in [6.45, 7) is 0. The molecule has 1 aromatic carbocycles. The summed E-state index contributed by atoms with van der Waals surface area (Å²) in [5.41, 5.74) is 6.26. The third kappa shape index (κ3) is 2.42. The lowest BCUT2D eigenvalue weighted by molar-refractivity contribution is 0.0404. The van der Waals surface area contributed by atoms with E-state index in [-0.39, 0.29) is 5.92 Å². The van der Waals surface area contributed by atoms with Crippen LogP contribution in [0.4, 0.5) is 4.39 Å². The molecule has 2 rings (SSSR count). The Balaban J connectivity index is 2.15. The van der Waals surface area contributed by atoms with Crippen molar-refractivity contribution in [3.05, 3.63) is 29.6 Å².